The van der Waals surface area contributed by atoms with Crippen molar-refractivity contribution in [2.45, 2.75) is 18.4 Å². The normalized spacial score (nSPS) is 20.9. The van der Waals surface area contributed by atoms with E-state index in [0.29, 0.717) is 29.5 Å². The van der Waals surface area contributed by atoms with Crippen molar-refractivity contribution in [3.8, 4) is 12.3 Å². The van der Waals surface area contributed by atoms with Gasteiger partial charge in [-0.3, -0.25) is 0 Å². The van der Waals surface area contributed by atoms with Gasteiger partial charge in [0.2, 0.25) is 0 Å². The number of terminal acetylenes is 1. The van der Waals surface area contributed by atoms with Crippen molar-refractivity contribution in [1.29, 1.82) is 0 Å². The first-order valence-corrected chi connectivity index (χ1v) is 6.23. The lowest BCUT2D eigenvalue weighted by molar-refractivity contribution is 0.144. The molecular weight excluding hydrogens is 239 g/mol. The lowest BCUT2D eigenvalue weighted by atomic mass is 9.84. The fourth-order valence-electron chi connectivity index (χ4n) is 2.80. The second kappa shape index (κ2) is 4.22. The van der Waals surface area contributed by atoms with Gasteiger partial charge in [0.05, 0.1) is 0 Å². The van der Waals surface area contributed by atoms with Crippen LogP contribution in [0.4, 0.5) is 4.39 Å². The summed E-state index contributed by atoms with van der Waals surface area (Å²) < 4.78 is 14.0. The zero-order chi connectivity index (χ0) is 13.5. The SMILES string of the molecule is C#CC1(O)c2ccccc2CCc2c(F)cccc21. The van der Waals surface area contributed by atoms with E-state index >= 15 is 0 Å². The van der Waals surface area contributed by atoms with Crippen LogP contribution in [0.15, 0.2) is 42.5 Å². The lowest BCUT2D eigenvalue weighted by Crippen LogP contribution is -2.26. The highest BCUT2D eigenvalue weighted by Gasteiger charge is 2.36. The van der Waals surface area contributed by atoms with Crippen LogP contribution in [0.25, 0.3) is 0 Å². The van der Waals surface area contributed by atoms with Gasteiger partial charge in [0, 0.05) is 11.1 Å². The Bertz CT molecular complexity index is 684. The first kappa shape index (κ1) is 12.0. The Hall–Kier alpha value is -2.11. The third-order valence-corrected chi connectivity index (χ3v) is 3.77. The molecule has 3 rings (SSSR count). The molecule has 1 atom stereocenters. The minimum Gasteiger partial charge on any atom is -0.369 e. The highest BCUT2D eigenvalue weighted by Crippen LogP contribution is 2.37. The molecule has 1 N–H and O–H groups in total. The highest BCUT2D eigenvalue weighted by molar-refractivity contribution is 5.52. The van der Waals surface area contributed by atoms with Crippen LogP contribution in [0.5, 0.6) is 0 Å². The fourth-order valence-corrected chi connectivity index (χ4v) is 2.80. The smallest absolute Gasteiger partial charge is 0.177 e. The van der Waals surface area contributed by atoms with Crippen molar-refractivity contribution in [3.05, 3.63) is 70.5 Å². The van der Waals surface area contributed by atoms with Crippen LogP contribution >= 0.6 is 0 Å². The van der Waals surface area contributed by atoms with E-state index in [1.54, 1.807) is 12.1 Å². The largest absolute Gasteiger partial charge is 0.369 e. The molecule has 0 saturated heterocycles. The van der Waals surface area contributed by atoms with Crippen LogP contribution in [0.1, 0.15) is 22.3 Å². The van der Waals surface area contributed by atoms with Crippen molar-refractivity contribution in [2.24, 2.45) is 0 Å². The Morgan fingerprint density at radius 1 is 1.05 bits per heavy atom. The van der Waals surface area contributed by atoms with E-state index in [1.165, 1.54) is 6.07 Å². The molecule has 0 spiro atoms. The summed E-state index contributed by atoms with van der Waals surface area (Å²) in [6, 6.07) is 12.2. The molecular formula is C17H13FO. The van der Waals surface area contributed by atoms with Crippen molar-refractivity contribution < 1.29 is 9.50 Å². The molecule has 94 valence electrons. The first-order valence-electron chi connectivity index (χ1n) is 6.23. The zero-order valence-electron chi connectivity index (χ0n) is 10.4. The van der Waals surface area contributed by atoms with Gasteiger partial charge in [0.15, 0.2) is 5.60 Å². The summed E-state index contributed by atoms with van der Waals surface area (Å²) in [5.74, 6) is 2.14. The Labute approximate surface area is 111 Å². The predicted molar refractivity (Wildman–Crippen MR) is 72.1 cm³/mol. The molecule has 1 aliphatic carbocycles. The first-order chi connectivity index (χ1) is 9.16. The van der Waals surface area contributed by atoms with Crippen LogP contribution in [0.3, 0.4) is 0 Å². The maximum Gasteiger partial charge on any atom is 0.177 e. The minimum atomic E-state index is -1.55. The number of benzene rings is 2. The van der Waals surface area contributed by atoms with Gasteiger partial charge in [-0.2, -0.15) is 0 Å². The molecule has 0 bridgehead atoms. The Balaban J connectivity index is 2.35. The molecule has 0 fully saturated rings. The van der Waals surface area contributed by atoms with Crippen molar-refractivity contribution in [3.63, 3.8) is 0 Å². The Morgan fingerprint density at radius 3 is 2.58 bits per heavy atom. The molecule has 0 aromatic heterocycles. The molecule has 19 heavy (non-hydrogen) atoms. The number of aryl methyl sites for hydroxylation is 1. The van der Waals surface area contributed by atoms with Crippen LogP contribution in [0, 0.1) is 18.2 Å². The number of aliphatic hydroxyl groups is 1. The van der Waals surface area contributed by atoms with Crippen molar-refractivity contribution in [2.75, 3.05) is 0 Å². The van der Waals surface area contributed by atoms with Crippen molar-refractivity contribution >= 4 is 0 Å². The second-order valence-corrected chi connectivity index (χ2v) is 4.78. The third kappa shape index (κ3) is 1.67. The third-order valence-electron chi connectivity index (χ3n) is 3.77. The van der Waals surface area contributed by atoms with E-state index in [4.69, 9.17) is 6.42 Å². The molecule has 1 aliphatic rings. The van der Waals surface area contributed by atoms with Crippen LogP contribution < -0.4 is 0 Å². The number of rotatable bonds is 0. The highest BCUT2D eigenvalue weighted by atomic mass is 19.1. The van der Waals surface area contributed by atoms with E-state index in [2.05, 4.69) is 5.92 Å². The molecule has 0 aliphatic heterocycles. The monoisotopic (exact) mass is 252 g/mol. The summed E-state index contributed by atoms with van der Waals surface area (Å²) >= 11 is 0. The molecule has 0 radical (unpaired) electrons. The van der Waals surface area contributed by atoms with E-state index in [-0.39, 0.29) is 5.82 Å². The Morgan fingerprint density at radius 2 is 1.79 bits per heavy atom. The van der Waals surface area contributed by atoms with Crippen molar-refractivity contribution in [1.82, 2.24) is 0 Å². The quantitative estimate of drug-likeness (QED) is 0.715. The average molecular weight is 252 g/mol. The number of hydrogen-bond acceptors (Lipinski definition) is 1. The molecule has 0 amide bonds. The topological polar surface area (TPSA) is 20.2 Å². The minimum absolute atomic E-state index is 0.306. The summed E-state index contributed by atoms with van der Waals surface area (Å²) in [5.41, 5.74) is 1.10. The van der Waals surface area contributed by atoms with Crippen LogP contribution in [-0.2, 0) is 18.4 Å². The van der Waals surface area contributed by atoms with Gasteiger partial charge < -0.3 is 5.11 Å². The fraction of sp³-hybridized carbons (Fsp3) is 0.176. The number of hydrogen-bond donors (Lipinski definition) is 1. The summed E-state index contributed by atoms with van der Waals surface area (Å²) in [4.78, 5) is 0. The summed E-state index contributed by atoms with van der Waals surface area (Å²) in [5, 5.41) is 10.9. The number of halogens is 1. The van der Waals surface area contributed by atoms with E-state index < -0.39 is 5.60 Å². The maximum atomic E-state index is 14.0. The van der Waals surface area contributed by atoms with Gasteiger partial charge in [0.1, 0.15) is 5.82 Å². The second-order valence-electron chi connectivity index (χ2n) is 4.78. The molecule has 2 aromatic carbocycles. The van der Waals surface area contributed by atoms with Gasteiger partial charge in [-0.15, -0.1) is 6.42 Å². The summed E-state index contributed by atoms with van der Waals surface area (Å²) in [7, 11) is 0. The number of fused-ring (bicyclic) bond motifs is 2. The molecule has 1 unspecified atom stereocenters. The van der Waals surface area contributed by atoms with E-state index in [1.807, 2.05) is 24.3 Å². The van der Waals surface area contributed by atoms with Gasteiger partial charge in [-0.25, -0.2) is 4.39 Å². The predicted octanol–water partition coefficient (Wildman–Crippen LogP) is 2.79. The molecule has 0 saturated carbocycles. The lowest BCUT2D eigenvalue weighted by Gasteiger charge is -2.25. The molecule has 1 nitrogen and oxygen atoms in total. The van der Waals surface area contributed by atoms with Crippen LogP contribution in [-0.4, -0.2) is 5.11 Å². The van der Waals surface area contributed by atoms with Crippen LogP contribution in [0.2, 0.25) is 0 Å². The molecule has 2 aromatic rings. The standard InChI is InChI=1S/C17H13FO/c1-2-17(19)14-7-4-3-6-12(14)10-11-13-15(17)8-5-9-16(13)18/h1,3-9,19H,10-11H2. The summed E-state index contributed by atoms with van der Waals surface area (Å²) in [6.45, 7) is 0. The van der Waals surface area contributed by atoms with E-state index in [0.717, 1.165) is 5.56 Å². The Kier molecular flexibility index (Phi) is 2.66. The zero-order valence-corrected chi connectivity index (χ0v) is 10.4. The summed E-state index contributed by atoms with van der Waals surface area (Å²) in [6.07, 6.45) is 6.78. The van der Waals surface area contributed by atoms with Gasteiger partial charge in [0.25, 0.3) is 0 Å². The van der Waals surface area contributed by atoms with Gasteiger partial charge in [-0.1, -0.05) is 42.3 Å². The molecule has 2 heteroatoms. The van der Waals surface area contributed by atoms with E-state index in [9.17, 15) is 9.50 Å². The molecule has 0 heterocycles. The van der Waals surface area contributed by atoms with Gasteiger partial charge in [-0.05, 0) is 30.0 Å². The average Bonchev–Trinajstić information content (AvgIpc) is 2.57. The maximum absolute atomic E-state index is 14.0. The van der Waals surface area contributed by atoms with Gasteiger partial charge >= 0.3 is 0 Å².